The molecule has 1 aliphatic rings. The van der Waals surface area contributed by atoms with Gasteiger partial charge in [0.25, 0.3) is 0 Å². The first-order valence-electron chi connectivity index (χ1n) is 10.5. The summed E-state index contributed by atoms with van der Waals surface area (Å²) in [7, 11) is 3.54. The average molecular weight is 424 g/mol. The van der Waals surface area contributed by atoms with Crippen molar-refractivity contribution in [1.82, 2.24) is 10.3 Å². The van der Waals surface area contributed by atoms with Gasteiger partial charge in [-0.2, -0.15) is 0 Å². The molecule has 1 fully saturated rings. The van der Waals surface area contributed by atoms with Crippen molar-refractivity contribution in [1.29, 1.82) is 0 Å². The normalized spacial score (nSPS) is 18.5. The summed E-state index contributed by atoms with van der Waals surface area (Å²) in [5.74, 6) is 1.40. The molecule has 164 valence electrons. The molecule has 4 rings (SSSR count). The van der Waals surface area contributed by atoms with E-state index in [0.717, 1.165) is 45.9 Å². The molecule has 7 heteroatoms. The second-order valence-corrected chi connectivity index (χ2v) is 7.80. The molecule has 0 aliphatic carbocycles. The fourth-order valence-corrected chi connectivity index (χ4v) is 3.95. The number of aliphatic hydroxyl groups excluding tert-OH is 2. The second kappa shape index (κ2) is 9.51. The highest BCUT2D eigenvalue weighted by atomic mass is 16.5. The van der Waals surface area contributed by atoms with Crippen LogP contribution in [0.5, 0.6) is 11.5 Å². The SMILES string of the molecule is CNCCOc1ccc(-c2cc(N3CC(O)C(CO)C3)c3ccc(OC)cc3n2)cc1. The Morgan fingerprint density at radius 3 is 2.55 bits per heavy atom. The van der Waals surface area contributed by atoms with Crippen molar-refractivity contribution in [3.05, 3.63) is 48.5 Å². The number of hydrogen-bond acceptors (Lipinski definition) is 7. The van der Waals surface area contributed by atoms with E-state index in [2.05, 4.69) is 16.3 Å². The maximum absolute atomic E-state index is 10.3. The van der Waals surface area contributed by atoms with Crippen LogP contribution in [0.2, 0.25) is 0 Å². The standard InChI is InChI=1S/C24H29N3O4/c1-25-9-10-31-18-5-3-16(4-6-18)21-12-23(27-13-17(15-28)24(29)14-27)20-8-7-19(30-2)11-22(20)26-21/h3-8,11-12,17,24-25,28-29H,9-10,13-15H2,1-2H3. The molecule has 3 aromatic rings. The molecule has 2 heterocycles. The van der Waals surface area contributed by atoms with Crippen molar-refractivity contribution in [2.45, 2.75) is 6.10 Å². The number of benzene rings is 2. The van der Waals surface area contributed by atoms with E-state index in [1.54, 1.807) is 7.11 Å². The molecule has 2 unspecified atom stereocenters. The number of fused-ring (bicyclic) bond motifs is 1. The number of nitrogens with one attached hydrogen (secondary N) is 1. The number of β-amino-alcohol motifs (C(OH)–C–C–N with tert-alkyl or cyclic N) is 1. The summed E-state index contributed by atoms with van der Waals surface area (Å²) < 4.78 is 11.1. The van der Waals surface area contributed by atoms with Gasteiger partial charge >= 0.3 is 0 Å². The number of anilines is 1. The Kier molecular flexibility index (Phi) is 6.56. The Bertz CT molecular complexity index is 1030. The van der Waals surface area contributed by atoms with Crippen molar-refractivity contribution >= 4 is 16.6 Å². The molecule has 7 nitrogen and oxygen atoms in total. The lowest BCUT2D eigenvalue weighted by molar-refractivity contribution is 0.104. The van der Waals surface area contributed by atoms with E-state index in [4.69, 9.17) is 14.5 Å². The van der Waals surface area contributed by atoms with E-state index in [1.807, 2.05) is 49.5 Å². The summed E-state index contributed by atoms with van der Waals surface area (Å²) in [6.07, 6.45) is -0.552. The van der Waals surface area contributed by atoms with Gasteiger partial charge in [-0.3, -0.25) is 0 Å². The van der Waals surface area contributed by atoms with Crippen molar-refractivity contribution in [2.75, 3.05) is 51.9 Å². The van der Waals surface area contributed by atoms with E-state index in [0.29, 0.717) is 19.7 Å². The van der Waals surface area contributed by atoms with Crippen LogP contribution in [-0.4, -0.2) is 68.3 Å². The highest BCUT2D eigenvalue weighted by Crippen LogP contribution is 2.35. The van der Waals surface area contributed by atoms with Crippen molar-refractivity contribution < 1.29 is 19.7 Å². The van der Waals surface area contributed by atoms with Gasteiger partial charge in [0, 0.05) is 48.3 Å². The number of methoxy groups -OCH3 is 1. The van der Waals surface area contributed by atoms with E-state index in [-0.39, 0.29) is 12.5 Å². The van der Waals surface area contributed by atoms with Gasteiger partial charge in [0.2, 0.25) is 0 Å². The molecule has 3 N–H and O–H groups in total. The number of aliphatic hydroxyl groups is 2. The largest absolute Gasteiger partial charge is 0.497 e. The lowest BCUT2D eigenvalue weighted by Crippen LogP contribution is -2.21. The van der Waals surface area contributed by atoms with Crippen LogP contribution in [0, 0.1) is 5.92 Å². The van der Waals surface area contributed by atoms with Gasteiger partial charge in [-0.05, 0) is 49.5 Å². The quantitative estimate of drug-likeness (QED) is 0.479. The van der Waals surface area contributed by atoms with E-state index in [1.165, 1.54) is 0 Å². The number of ether oxygens (including phenoxy) is 2. The summed E-state index contributed by atoms with van der Waals surface area (Å²) in [6.45, 7) is 2.44. The van der Waals surface area contributed by atoms with Gasteiger partial charge in [0.1, 0.15) is 18.1 Å². The van der Waals surface area contributed by atoms with E-state index < -0.39 is 6.10 Å². The zero-order valence-corrected chi connectivity index (χ0v) is 17.9. The second-order valence-electron chi connectivity index (χ2n) is 7.80. The average Bonchev–Trinajstić information content (AvgIpc) is 3.19. The summed E-state index contributed by atoms with van der Waals surface area (Å²) in [5, 5.41) is 24.0. The predicted octanol–water partition coefficient (Wildman–Crippen LogP) is 2.30. The van der Waals surface area contributed by atoms with E-state index in [9.17, 15) is 10.2 Å². The third kappa shape index (κ3) is 4.58. The highest BCUT2D eigenvalue weighted by molar-refractivity contribution is 5.95. The smallest absolute Gasteiger partial charge is 0.121 e. The molecule has 0 bridgehead atoms. The number of rotatable bonds is 8. The molecule has 1 aromatic heterocycles. The number of likely N-dealkylation sites (N-methyl/N-ethyl adjacent to an activating group) is 1. The molecular weight excluding hydrogens is 394 g/mol. The fraction of sp³-hybridized carbons (Fsp3) is 0.375. The van der Waals surface area contributed by atoms with Gasteiger partial charge in [-0.15, -0.1) is 0 Å². The van der Waals surface area contributed by atoms with Gasteiger partial charge in [-0.25, -0.2) is 4.98 Å². The minimum absolute atomic E-state index is 0.0314. The first-order valence-corrected chi connectivity index (χ1v) is 10.5. The lowest BCUT2D eigenvalue weighted by atomic mass is 10.1. The molecule has 2 atom stereocenters. The van der Waals surface area contributed by atoms with Gasteiger partial charge in [0.15, 0.2) is 0 Å². The summed E-state index contributed by atoms with van der Waals surface area (Å²) in [6, 6.07) is 15.8. The molecular formula is C24H29N3O4. The Labute approximate surface area is 182 Å². The fourth-order valence-electron chi connectivity index (χ4n) is 3.95. The minimum Gasteiger partial charge on any atom is -0.497 e. The molecule has 0 radical (unpaired) electrons. The van der Waals surface area contributed by atoms with Crippen LogP contribution in [0.3, 0.4) is 0 Å². The zero-order valence-electron chi connectivity index (χ0n) is 17.9. The number of pyridine rings is 1. The van der Waals surface area contributed by atoms with Crippen LogP contribution in [0.25, 0.3) is 22.2 Å². The molecule has 0 spiro atoms. The van der Waals surface area contributed by atoms with Crippen LogP contribution in [0.4, 0.5) is 5.69 Å². The number of nitrogens with zero attached hydrogens (tertiary/aromatic N) is 2. The maximum atomic E-state index is 10.3. The van der Waals surface area contributed by atoms with Crippen molar-refractivity contribution in [2.24, 2.45) is 5.92 Å². The van der Waals surface area contributed by atoms with Crippen molar-refractivity contribution in [3.63, 3.8) is 0 Å². The van der Waals surface area contributed by atoms with Gasteiger partial charge < -0.3 is 29.9 Å². The molecule has 1 aliphatic heterocycles. The topological polar surface area (TPSA) is 87.1 Å². The van der Waals surface area contributed by atoms with Crippen molar-refractivity contribution in [3.8, 4) is 22.8 Å². The number of hydrogen-bond donors (Lipinski definition) is 3. The van der Waals surface area contributed by atoms with Crippen LogP contribution in [0.15, 0.2) is 48.5 Å². The molecule has 0 amide bonds. The van der Waals surface area contributed by atoms with Gasteiger partial charge in [0.05, 0.1) is 31.0 Å². The Morgan fingerprint density at radius 1 is 1.10 bits per heavy atom. The Hall–Kier alpha value is -2.87. The molecule has 0 saturated carbocycles. The zero-order chi connectivity index (χ0) is 21.8. The predicted molar refractivity (Wildman–Crippen MR) is 122 cm³/mol. The minimum atomic E-state index is -0.552. The molecule has 31 heavy (non-hydrogen) atoms. The van der Waals surface area contributed by atoms with E-state index >= 15 is 0 Å². The lowest BCUT2D eigenvalue weighted by Gasteiger charge is -2.21. The Balaban J connectivity index is 1.72. The summed E-state index contributed by atoms with van der Waals surface area (Å²) in [5.41, 5.74) is 3.62. The van der Waals surface area contributed by atoms with Gasteiger partial charge in [-0.1, -0.05) is 0 Å². The molecule has 2 aromatic carbocycles. The van der Waals surface area contributed by atoms with Crippen LogP contribution in [0.1, 0.15) is 0 Å². The summed E-state index contributed by atoms with van der Waals surface area (Å²) >= 11 is 0. The Morgan fingerprint density at radius 2 is 1.87 bits per heavy atom. The monoisotopic (exact) mass is 423 g/mol. The first kappa shape index (κ1) is 21.4. The van der Waals surface area contributed by atoms with Crippen LogP contribution >= 0.6 is 0 Å². The third-order valence-corrected chi connectivity index (χ3v) is 5.75. The summed E-state index contributed by atoms with van der Waals surface area (Å²) in [4.78, 5) is 7.01. The van der Waals surface area contributed by atoms with Crippen LogP contribution in [-0.2, 0) is 0 Å². The maximum Gasteiger partial charge on any atom is 0.121 e. The number of aromatic nitrogens is 1. The highest BCUT2D eigenvalue weighted by Gasteiger charge is 2.32. The van der Waals surface area contributed by atoms with Crippen LogP contribution < -0.4 is 19.7 Å². The molecule has 1 saturated heterocycles. The first-order chi connectivity index (χ1) is 15.1. The third-order valence-electron chi connectivity index (χ3n) is 5.75.